The Morgan fingerprint density at radius 1 is 1.00 bits per heavy atom. The number of fused-ring (bicyclic) bond motifs is 3. The Labute approximate surface area is 177 Å². The van der Waals surface area contributed by atoms with Gasteiger partial charge in [0.2, 0.25) is 0 Å². The van der Waals surface area contributed by atoms with E-state index in [2.05, 4.69) is 73.7 Å². The van der Waals surface area contributed by atoms with Crippen LogP contribution in [0.3, 0.4) is 0 Å². The number of aryl methyl sites for hydroxylation is 5. The SMILES string of the molecule is Cc1cc(C)c(-c2c(C)nn3c4c(c(C)nc23)NCC4Cc2ccccn2)c(C)c1. The lowest BCUT2D eigenvalue weighted by molar-refractivity contribution is 0.682. The Balaban J connectivity index is 1.72. The molecule has 0 bridgehead atoms. The lowest BCUT2D eigenvalue weighted by atomic mass is 9.93. The summed E-state index contributed by atoms with van der Waals surface area (Å²) in [6.45, 7) is 11.6. The number of aromatic nitrogens is 4. The van der Waals surface area contributed by atoms with Crippen molar-refractivity contribution >= 4 is 11.3 Å². The van der Waals surface area contributed by atoms with Gasteiger partial charge in [0.1, 0.15) is 0 Å². The highest BCUT2D eigenvalue weighted by atomic mass is 15.3. The molecule has 30 heavy (non-hydrogen) atoms. The number of hydrogen-bond donors (Lipinski definition) is 1. The molecular formula is C25H27N5. The van der Waals surface area contributed by atoms with E-state index in [1.807, 2.05) is 12.3 Å². The van der Waals surface area contributed by atoms with E-state index in [0.29, 0.717) is 5.92 Å². The lowest BCUT2D eigenvalue weighted by Gasteiger charge is -2.14. The molecule has 0 saturated heterocycles. The smallest absolute Gasteiger partial charge is 0.163 e. The molecule has 1 aliphatic rings. The minimum absolute atomic E-state index is 0.312. The van der Waals surface area contributed by atoms with Gasteiger partial charge in [0.05, 0.1) is 28.3 Å². The summed E-state index contributed by atoms with van der Waals surface area (Å²) in [6.07, 6.45) is 2.75. The molecular weight excluding hydrogens is 370 g/mol. The average Bonchev–Trinajstić information content (AvgIpc) is 3.24. The molecule has 3 aromatic heterocycles. The standard InChI is InChI=1S/C25H27N5/c1-14-10-15(2)21(16(3)11-14)22-17(4)29-30-24-19(12-20-8-6-7-9-26-20)13-27-23(24)18(5)28-25(22)30/h6-11,19,27H,12-13H2,1-5H3. The van der Waals surface area contributed by atoms with E-state index in [4.69, 9.17) is 10.1 Å². The predicted octanol–water partition coefficient (Wildman–Crippen LogP) is 5.09. The van der Waals surface area contributed by atoms with Crippen LogP contribution >= 0.6 is 0 Å². The molecule has 0 radical (unpaired) electrons. The summed E-state index contributed by atoms with van der Waals surface area (Å²) in [6, 6.07) is 10.6. The largest absolute Gasteiger partial charge is 0.381 e. The quantitative estimate of drug-likeness (QED) is 0.523. The van der Waals surface area contributed by atoms with Crippen molar-refractivity contribution in [1.29, 1.82) is 0 Å². The average molecular weight is 398 g/mol. The van der Waals surface area contributed by atoms with Crippen LogP contribution in [0.25, 0.3) is 16.8 Å². The molecule has 0 spiro atoms. The van der Waals surface area contributed by atoms with Crippen LogP contribution in [-0.4, -0.2) is 26.1 Å². The summed E-state index contributed by atoms with van der Waals surface area (Å²) in [5.74, 6) is 0.312. The zero-order valence-corrected chi connectivity index (χ0v) is 18.2. The summed E-state index contributed by atoms with van der Waals surface area (Å²) >= 11 is 0. The number of anilines is 1. The van der Waals surface area contributed by atoms with Crippen LogP contribution < -0.4 is 5.32 Å². The highest BCUT2D eigenvalue weighted by Crippen LogP contribution is 2.40. The van der Waals surface area contributed by atoms with Crippen LogP contribution in [0.4, 0.5) is 5.69 Å². The van der Waals surface area contributed by atoms with Gasteiger partial charge in [-0.15, -0.1) is 0 Å². The highest BCUT2D eigenvalue weighted by Gasteiger charge is 2.30. The van der Waals surface area contributed by atoms with Crippen molar-refractivity contribution in [3.63, 3.8) is 0 Å². The maximum Gasteiger partial charge on any atom is 0.163 e. The zero-order chi connectivity index (χ0) is 21.0. The number of nitrogens with one attached hydrogen (secondary N) is 1. The first-order chi connectivity index (χ1) is 14.4. The molecule has 4 aromatic rings. The number of hydrogen-bond acceptors (Lipinski definition) is 4. The second-order valence-electron chi connectivity index (χ2n) is 8.53. The van der Waals surface area contributed by atoms with E-state index in [1.165, 1.54) is 27.9 Å². The van der Waals surface area contributed by atoms with Gasteiger partial charge in [-0.3, -0.25) is 4.98 Å². The molecule has 1 unspecified atom stereocenters. The van der Waals surface area contributed by atoms with Crippen LogP contribution in [0.2, 0.25) is 0 Å². The predicted molar refractivity (Wildman–Crippen MR) is 121 cm³/mol. The second-order valence-corrected chi connectivity index (χ2v) is 8.53. The molecule has 4 heterocycles. The maximum absolute atomic E-state index is 5.01. The number of rotatable bonds is 3. The van der Waals surface area contributed by atoms with Gasteiger partial charge < -0.3 is 5.32 Å². The molecule has 1 atom stereocenters. The van der Waals surface area contributed by atoms with E-state index in [1.54, 1.807) is 0 Å². The van der Waals surface area contributed by atoms with Crippen LogP contribution in [0, 0.1) is 34.6 Å². The Morgan fingerprint density at radius 2 is 1.77 bits per heavy atom. The Hall–Kier alpha value is -3.21. The summed E-state index contributed by atoms with van der Waals surface area (Å²) in [5, 5.41) is 8.57. The highest BCUT2D eigenvalue weighted by molar-refractivity contribution is 5.85. The summed E-state index contributed by atoms with van der Waals surface area (Å²) in [5.41, 5.74) is 12.7. The Morgan fingerprint density at radius 3 is 2.47 bits per heavy atom. The van der Waals surface area contributed by atoms with Crippen molar-refractivity contribution in [2.24, 2.45) is 0 Å². The van der Waals surface area contributed by atoms with Gasteiger partial charge in [0, 0.05) is 24.4 Å². The monoisotopic (exact) mass is 397 g/mol. The van der Waals surface area contributed by atoms with Gasteiger partial charge in [0.15, 0.2) is 5.65 Å². The minimum Gasteiger partial charge on any atom is -0.381 e. The molecule has 1 aliphatic heterocycles. The normalized spacial score (nSPS) is 15.4. The van der Waals surface area contributed by atoms with Crippen LogP contribution in [0.5, 0.6) is 0 Å². The molecule has 0 saturated carbocycles. The van der Waals surface area contributed by atoms with Crippen LogP contribution in [0.1, 0.15) is 45.4 Å². The Kier molecular flexibility index (Phi) is 4.35. The van der Waals surface area contributed by atoms with Gasteiger partial charge in [-0.2, -0.15) is 5.10 Å². The topological polar surface area (TPSA) is 55.1 Å². The van der Waals surface area contributed by atoms with Gasteiger partial charge in [-0.05, 0) is 69.9 Å². The molecule has 1 N–H and O–H groups in total. The lowest BCUT2D eigenvalue weighted by Crippen LogP contribution is -2.10. The third kappa shape index (κ3) is 2.88. The molecule has 0 fully saturated rings. The van der Waals surface area contributed by atoms with E-state index in [9.17, 15) is 0 Å². The fourth-order valence-electron chi connectivity index (χ4n) is 5.02. The van der Waals surface area contributed by atoms with Crippen molar-refractivity contribution in [2.45, 2.75) is 47.0 Å². The second kappa shape index (κ2) is 6.94. The molecule has 1 aromatic carbocycles. The van der Waals surface area contributed by atoms with Crippen molar-refractivity contribution in [3.05, 3.63) is 76.0 Å². The van der Waals surface area contributed by atoms with E-state index in [0.717, 1.165) is 46.9 Å². The minimum atomic E-state index is 0.312. The third-order valence-corrected chi connectivity index (χ3v) is 6.18. The molecule has 5 rings (SSSR count). The van der Waals surface area contributed by atoms with E-state index >= 15 is 0 Å². The van der Waals surface area contributed by atoms with Crippen LogP contribution in [0.15, 0.2) is 36.5 Å². The van der Waals surface area contributed by atoms with Crippen molar-refractivity contribution in [3.8, 4) is 11.1 Å². The van der Waals surface area contributed by atoms with E-state index in [-0.39, 0.29) is 0 Å². The third-order valence-electron chi connectivity index (χ3n) is 6.18. The maximum atomic E-state index is 5.01. The summed E-state index contributed by atoms with van der Waals surface area (Å²) in [7, 11) is 0. The molecule has 0 amide bonds. The summed E-state index contributed by atoms with van der Waals surface area (Å²) in [4.78, 5) is 9.56. The fraction of sp³-hybridized carbons (Fsp3) is 0.320. The first kappa shape index (κ1) is 18.8. The molecule has 5 nitrogen and oxygen atoms in total. The Bertz CT molecular complexity index is 1250. The van der Waals surface area contributed by atoms with Crippen molar-refractivity contribution < 1.29 is 0 Å². The van der Waals surface area contributed by atoms with Gasteiger partial charge in [-0.25, -0.2) is 9.50 Å². The van der Waals surface area contributed by atoms with Crippen molar-refractivity contribution in [1.82, 2.24) is 19.6 Å². The van der Waals surface area contributed by atoms with Gasteiger partial charge in [-0.1, -0.05) is 23.8 Å². The van der Waals surface area contributed by atoms with Crippen molar-refractivity contribution in [2.75, 3.05) is 11.9 Å². The van der Waals surface area contributed by atoms with Gasteiger partial charge in [0.25, 0.3) is 0 Å². The molecule has 5 heteroatoms. The number of nitrogens with zero attached hydrogens (tertiary/aromatic N) is 4. The fourth-order valence-corrected chi connectivity index (χ4v) is 5.02. The first-order valence-electron chi connectivity index (χ1n) is 10.6. The molecule has 152 valence electrons. The first-order valence-corrected chi connectivity index (χ1v) is 10.6. The molecule has 0 aliphatic carbocycles. The zero-order valence-electron chi connectivity index (χ0n) is 18.2. The van der Waals surface area contributed by atoms with E-state index < -0.39 is 0 Å². The van der Waals surface area contributed by atoms with Gasteiger partial charge >= 0.3 is 0 Å². The summed E-state index contributed by atoms with van der Waals surface area (Å²) < 4.78 is 2.08. The van der Waals surface area contributed by atoms with Crippen LogP contribution in [-0.2, 0) is 6.42 Å². The number of benzene rings is 1. The number of pyridine rings is 1.